The predicted octanol–water partition coefficient (Wildman–Crippen LogP) is 5.82. The fourth-order valence-corrected chi connectivity index (χ4v) is 5.06. The van der Waals surface area contributed by atoms with Crippen LogP contribution in [0.5, 0.6) is 11.5 Å². The van der Waals surface area contributed by atoms with Crippen LogP contribution < -0.4 is 9.47 Å². The minimum absolute atomic E-state index is 0.0974. The lowest BCUT2D eigenvalue weighted by Gasteiger charge is -2.46. The third-order valence-electron chi connectivity index (χ3n) is 5.82. The molecule has 1 spiro atoms. The van der Waals surface area contributed by atoms with Crippen molar-refractivity contribution in [1.29, 1.82) is 0 Å². The Kier molecular flexibility index (Phi) is 4.03. The molecule has 1 fully saturated rings. The second-order valence-corrected chi connectivity index (χ2v) is 8.24. The molecule has 0 N–H and O–H groups in total. The molecule has 0 amide bonds. The molecule has 0 bridgehead atoms. The van der Waals surface area contributed by atoms with Gasteiger partial charge in [0.25, 0.3) is 0 Å². The molecule has 2 aromatic carbocycles. The maximum absolute atomic E-state index is 6.51. The number of halogens is 2. The number of hydrazone groups is 1. The van der Waals surface area contributed by atoms with Gasteiger partial charge in [0.1, 0.15) is 11.5 Å². The van der Waals surface area contributed by atoms with Crippen LogP contribution in [0.25, 0.3) is 0 Å². The largest absolute Gasteiger partial charge is 0.497 e. The quantitative estimate of drug-likeness (QED) is 0.634. The summed E-state index contributed by atoms with van der Waals surface area (Å²) in [5.74, 6) is 1.62. The Morgan fingerprint density at radius 3 is 2.59 bits per heavy atom. The molecule has 5 rings (SSSR count). The van der Waals surface area contributed by atoms with Crippen molar-refractivity contribution < 1.29 is 9.47 Å². The highest BCUT2D eigenvalue weighted by Gasteiger charge is 2.52. The van der Waals surface area contributed by atoms with E-state index in [0.717, 1.165) is 60.4 Å². The van der Waals surface area contributed by atoms with Crippen LogP contribution in [0.3, 0.4) is 0 Å². The molecule has 1 atom stereocenters. The first-order valence-electron chi connectivity index (χ1n) is 9.29. The highest BCUT2D eigenvalue weighted by Crippen LogP contribution is 2.54. The summed E-state index contributed by atoms with van der Waals surface area (Å²) in [4.78, 5) is 0. The lowest BCUT2D eigenvalue weighted by atomic mass is 9.94. The monoisotopic (exact) mass is 402 g/mol. The average Bonchev–Trinajstić information content (AvgIpc) is 3.32. The first kappa shape index (κ1) is 17.2. The maximum atomic E-state index is 6.51. The zero-order valence-corrected chi connectivity index (χ0v) is 16.6. The molecule has 2 aromatic rings. The molecule has 27 heavy (non-hydrogen) atoms. The topological polar surface area (TPSA) is 34.1 Å². The van der Waals surface area contributed by atoms with Gasteiger partial charge in [0.05, 0.1) is 23.9 Å². The summed E-state index contributed by atoms with van der Waals surface area (Å²) in [6, 6.07) is 11.9. The van der Waals surface area contributed by atoms with E-state index in [0.29, 0.717) is 10.0 Å². The van der Waals surface area contributed by atoms with Crippen LogP contribution in [0.15, 0.2) is 41.5 Å². The fraction of sp³-hybridized carbons (Fsp3) is 0.381. The number of ether oxygens (including phenoxy) is 2. The zero-order chi connectivity index (χ0) is 18.6. The van der Waals surface area contributed by atoms with Gasteiger partial charge in [-0.1, -0.05) is 23.2 Å². The molecule has 0 aromatic heterocycles. The van der Waals surface area contributed by atoms with E-state index in [1.54, 1.807) is 13.2 Å². The van der Waals surface area contributed by atoms with E-state index in [-0.39, 0.29) is 6.04 Å². The standard InChI is InChI=1S/C21H20Cl2N2O2/c1-26-15-6-4-13(5-7-15)18-12-19-16-10-14(22)11-17(23)20(16)27-21(25(19)24-18)8-2-3-9-21/h4-7,10-11,19H,2-3,8-9,12H2,1H3/t19-/m1/s1. The van der Waals surface area contributed by atoms with Crippen molar-refractivity contribution in [2.24, 2.45) is 5.10 Å². The van der Waals surface area contributed by atoms with E-state index >= 15 is 0 Å². The number of hydrogen-bond donors (Lipinski definition) is 0. The third-order valence-corrected chi connectivity index (χ3v) is 6.32. The summed E-state index contributed by atoms with van der Waals surface area (Å²) >= 11 is 12.8. The second kappa shape index (κ2) is 6.32. The van der Waals surface area contributed by atoms with E-state index < -0.39 is 5.72 Å². The lowest BCUT2D eigenvalue weighted by Crippen LogP contribution is -2.51. The van der Waals surface area contributed by atoms with Crippen LogP contribution in [0.4, 0.5) is 0 Å². The summed E-state index contributed by atoms with van der Waals surface area (Å²) in [7, 11) is 1.67. The van der Waals surface area contributed by atoms with Gasteiger partial charge in [-0.15, -0.1) is 0 Å². The molecule has 3 aliphatic rings. The van der Waals surface area contributed by atoms with Gasteiger partial charge in [-0.2, -0.15) is 5.10 Å². The Morgan fingerprint density at radius 1 is 1.15 bits per heavy atom. The lowest BCUT2D eigenvalue weighted by molar-refractivity contribution is -0.114. The SMILES string of the molecule is COc1ccc(C2=NN3[C@H](C2)c2cc(Cl)cc(Cl)c2OC32CCCC2)cc1. The van der Waals surface area contributed by atoms with Gasteiger partial charge in [0, 0.05) is 29.8 Å². The molecule has 0 radical (unpaired) electrons. The molecule has 6 heteroatoms. The average molecular weight is 403 g/mol. The summed E-state index contributed by atoms with van der Waals surface area (Å²) < 4.78 is 11.8. The Balaban J connectivity index is 1.59. The van der Waals surface area contributed by atoms with Gasteiger partial charge >= 0.3 is 0 Å². The van der Waals surface area contributed by atoms with Gasteiger partial charge in [-0.05, 0) is 54.8 Å². The fourth-order valence-electron chi connectivity index (χ4n) is 4.52. The van der Waals surface area contributed by atoms with Crippen molar-refractivity contribution in [3.05, 3.63) is 57.6 Å². The first-order chi connectivity index (χ1) is 13.1. The van der Waals surface area contributed by atoms with Crippen molar-refractivity contribution in [3.8, 4) is 11.5 Å². The Labute approximate surface area is 168 Å². The number of nitrogens with zero attached hydrogens (tertiary/aromatic N) is 2. The number of methoxy groups -OCH3 is 1. The minimum Gasteiger partial charge on any atom is -0.497 e. The number of fused-ring (bicyclic) bond motifs is 4. The summed E-state index contributed by atoms with van der Waals surface area (Å²) in [6.07, 6.45) is 5.00. The zero-order valence-electron chi connectivity index (χ0n) is 15.0. The van der Waals surface area contributed by atoms with E-state index in [2.05, 4.69) is 17.1 Å². The Morgan fingerprint density at radius 2 is 1.89 bits per heavy atom. The van der Waals surface area contributed by atoms with Crippen molar-refractivity contribution in [1.82, 2.24) is 5.01 Å². The van der Waals surface area contributed by atoms with Crippen LogP contribution in [0.2, 0.25) is 10.0 Å². The van der Waals surface area contributed by atoms with Crippen molar-refractivity contribution in [2.45, 2.75) is 43.9 Å². The summed E-state index contributed by atoms with van der Waals surface area (Å²) in [6.45, 7) is 0. The van der Waals surface area contributed by atoms with Gasteiger partial charge in [-0.25, -0.2) is 5.01 Å². The predicted molar refractivity (Wildman–Crippen MR) is 107 cm³/mol. The molecule has 4 nitrogen and oxygen atoms in total. The van der Waals surface area contributed by atoms with E-state index in [4.69, 9.17) is 37.8 Å². The molecule has 0 unspecified atom stereocenters. The normalized spacial score (nSPS) is 22.3. The van der Waals surface area contributed by atoms with Crippen LogP contribution in [0.1, 0.15) is 49.3 Å². The molecular weight excluding hydrogens is 383 g/mol. The maximum Gasteiger partial charge on any atom is 0.198 e. The van der Waals surface area contributed by atoms with E-state index in [9.17, 15) is 0 Å². The minimum atomic E-state index is -0.399. The molecular formula is C21H20Cl2N2O2. The first-order valence-corrected chi connectivity index (χ1v) is 10.0. The van der Waals surface area contributed by atoms with Gasteiger partial charge in [0.15, 0.2) is 5.72 Å². The van der Waals surface area contributed by atoms with Crippen molar-refractivity contribution in [3.63, 3.8) is 0 Å². The molecule has 0 saturated heterocycles. The number of benzene rings is 2. The van der Waals surface area contributed by atoms with Crippen LogP contribution in [0, 0.1) is 0 Å². The second-order valence-electron chi connectivity index (χ2n) is 7.40. The molecule has 2 heterocycles. The van der Waals surface area contributed by atoms with Gasteiger partial charge < -0.3 is 9.47 Å². The molecule has 2 aliphatic heterocycles. The number of hydrogen-bond acceptors (Lipinski definition) is 4. The summed E-state index contributed by atoms with van der Waals surface area (Å²) in [5.41, 5.74) is 2.79. The van der Waals surface area contributed by atoms with E-state index in [1.807, 2.05) is 18.2 Å². The van der Waals surface area contributed by atoms with Crippen LogP contribution in [-0.4, -0.2) is 23.6 Å². The van der Waals surface area contributed by atoms with Gasteiger partial charge in [0.2, 0.25) is 0 Å². The van der Waals surface area contributed by atoms with Gasteiger partial charge in [-0.3, -0.25) is 0 Å². The van der Waals surface area contributed by atoms with E-state index in [1.165, 1.54) is 0 Å². The number of rotatable bonds is 2. The summed E-state index contributed by atoms with van der Waals surface area (Å²) in [5, 5.41) is 8.41. The third kappa shape index (κ3) is 2.69. The smallest absolute Gasteiger partial charge is 0.198 e. The Hall–Kier alpha value is -1.91. The van der Waals surface area contributed by atoms with Crippen molar-refractivity contribution >= 4 is 28.9 Å². The molecule has 1 saturated carbocycles. The molecule has 1 aliphatic carbocycles. The van der Waals surface area contributed by atoms with Crippen LogP contribution in [-0.2, 0) is 0 Å². The van der Waals surface area contributed by atoms with Crippen LogP contribution >= 0.6 is 23.2 Å². The highest BCUT2D eigenvalue weighted by molar-refractivity contribution is 6.35. The Bertz CT molecular complexity index is 921. The van der Waals surface area contributed by atoms with Crippen molar-refractivity contribution in [2.75, 3.05) is 7.11 Å². The molecule has 140 valence electrons. The highest BCUT2D eigenvalue weighted by atomic mass is 35.5.